The van der Waals surface area contributed by atoms with Gasteiger partial charge in [-0.2, -0.15) is 0 Å². The summed E-state index contributed by atoms with van der Waals surface area (Å²) in [4.78, 5) is 32.9. The average Bonchev–Trinajstić information content (AvgIpc) is 3.52. The van der Waals surface area contributed by atoms with Crippen LogP contribution in [0.5, 0.6) is 34.5 Å². The van der Waals surface area contributed by atoms with Crippen molar-refractivity contribution < 1.29 is 46.9 Å². The highest BCUT2D eigenvalue weighted by Gasteiger charge is 2.30. The van der Waals surface area contributed by atoms with E-state index in [9.17, 15) is 22.8 Å². The molecule has 1 aliphatic rings. The summed E-state index contributed by atoms with van der Waals surface area (Å²) in [5.74, 6) is 1.00. The Morgan fingerprint density at radius 1 is 0.450 bits per heavy atom. The van der Waals surface area contributed by atoms with Crippen molar-refractivity contribution in [1.29, 1.82) is 0 Å². The fraction of sp³-hybridized carbons (Fsp3) is 0. The molecule has 0 saturated carbocycles. The molecule has 14 nitrogen and oxygen atoms in total. The molecule has 1 heterocycles. The molecule has 9 N–H and O–H groups in total. The minimum atomic E-state index is -3.68. The summed E-state index contributed by atoms with van der Waals surface area (Å²) in [6.07, 6.45) is 0. The number of nitrogen functional groups attached to an aromatic ring is 4. The maximum atomic E-state index is 12.9. The normalized spacial score (nSPS) is 11.4. The van der Waals surface area contributed by atoms with Crippen LogP contribution in [0.3, 0.4) is 0 Å². The number of sulfone groups is 1. The van der Waals surface area contributed by atoms with Crippen LogP contribution in [-0.4, -0.2) is 31.4 Å². The first-order valence-electron chi connectivity index (χ1n) is 17.8. The van der Waals surface area contributed by atoms with E-state index in [0.29, 0.717) is 34.4 Å². The number of carboxylic acids is 1. The fourth-order valence-corrected chi connectivity index (χ4v) is 6.63. The number of rotatable bonds is 9. The molecule has 7 aromatic carbocycles. The van der Waals surface area contributed by atoms with E-state index in [4.69, 9.17) is 42.3 Å². The number of benzene rings is 7. The van der Waals surface area contributed by atoms with Crippen molar-refractivity contribution in [3.8, 4) is 34.5 Å². The standard InChI is InChI=1S/C24H20N2O4S.C12H12N2O.C9H4O5/c25-17-3-1-5-21(15-17)29-19-7-11-23(12-8-19)31(27,28)24-13-9-20(10-14-24)30-22-6-2-4-18(26)16-22;13-9-1-5-11(6-2-9)15-12-7-3-10(14)4-8-12;10-7(11)4-1-2-5-6(3-4)9(13)14-8(5)12/h1-16H,25-26H2;1-8H,13-14H2;1-3H,(H,10,11). The van der Waals surface area contributed by atoms with Crippen LogP contribution >= 0.6 is 0 Å². The fourth-order valence-electron chi connectivity index (χ4n) is 5.36. The lowest BCUT2D eigenvalue weighted by atomic mass is 10.1. The highest BCUT2D eigenvalue weighted by atomic mass is 32.2. The molecular weight excluding hydrogens is 789 g/mol. The summed E-state index contributed by atoms with van der Waals surface area (Å²) in [6.45, 7) is 0. The first kappa shape index (κ1) is 41.3. The molecule has 0 amide bonds. The van der Waals surface area contributed by atoms with Gasteiger partial charge in [0.2, 0.25) is 9.84 Å². The summed E-state index contributed by atoms with van der Waals surface area (Å²) in [5.41, 5.74) is 25.3. The molecule has 0 saturated heterocycles. The molecule has 0 spiro atoms. The Morgan fingerprint density at radius 2 is 0.833 bits per heavy atom. The van der Waals surface area contributed by atoms with Crippen molar-refractivity contribution in [1.82, 2.24) is 0 Å². The summed E-state index contributed by atoms with van der Waals surface area (Å²) >= 11 is 0. The van der Waals surface area contributed by atoms with Crippen LogP contribution in [0.15, 0.2) is 174 Å². The number of hydrogen-bond donors (Lipinski definition) is 5. The number of aromatic carboxylic acids is 1. The van der Waals surface area contributed by atoms with Gasteiger partial charge in [0.05, 0.1) is 26.5 Å². The zero-order chi connectivity index (χ0) is 42.8. The molecule has 0 aliphatic carbocycles. The van der Waals surface area contributed by atoms with Crippen molar-refractivity contribution in [2.45, 2.75) is 9.79 Å². The number of cyclic esters (lactones) is 2. The predicted octanol–water partition coefficient (Wildman–Crippen LogP) is 8.61. The highest BCUT2D eigenvalue weighted by Crippen LogP contribution is 2.30. The number of esters is 2. The number of anilines is 4. The Bertz CT molecular complexity index is 2620. The zero-order valence-electron chi connectivity index (χ0n) is 31.4. The molecule has 0 unspecified atom stereocenters. The summed E-state index contributed by atoms with van der Waals surface area (Å²) < 4.78 is 47.2. The van der Waals surface area contributed by atoms with Gasteiger partial charge in [-0.15, -0.1) is 0 Å². The molecule has 7 aromatic rings. The van der Waals surface area contributed by atoms with Gasteiger partial charge in [-0.3, -0.25) is 0 Å². The smallest absolute Gasteiger partial charge is 0.346 e. The van der Waals surface area contributed by atoms with E-state index in [0.717, 1.165) is 28.9 Å². The molecule has 0 radical (unpaired) electrons. The lowest BCUT2D eigenvalue weighted by molar-refractivity contribution is 0.0443. The molecule has 15 heteroatoms. The molecule has 302 valence electrons. The topological polar surface area (TPSA) is 247 Å². The second-order valence-corrected chi connectivity index (χ2v) is 14.7. The number of fused-ring (bicyclic) bond motifs is 1. The van der Waals surface area contributed by atoms with E-state index in [-0.39, 0.29) is 26.5 Å². The van der Waals surface area contributed by atoms with Crippen LogP contribution in [-0.2, 0) is 14.6 Å². The maximum absolute atomic E-state index is 12.9. The van der Waals surface area contributed by atoms with E-state index in [2.05, 4.69) is 4.74 Å². The van der Waals surface area contributed by atoms with Gasteiger partial charge in [0.25, 0.3) is 0 Å². The third-order valence-electron chi connectivity index (χ3n) is 8.34. The summed E-state index contributed by atoms with van der Waals surface area (Å²) in [6, 6.07) is 44.6. The van der Waals surface area contributed by atoms with E-state index >= 15 is 0 Å². The van der Waals surface area contributed by atoms with Crippen LogP contribution < -0.4 is 37.1 Å². The lowest BCUT2D eigenvalue weighted by Crippen LogP contribution is -2.01. The Balaban J connectivity index is 0.000000172. The average molecular weight is 825 g/mol. The summed E-state index contributed by atoms with van der Waals surface area (Å²) in [5, 5.41) is 8.63. The van der Waals surface area contributed by atoms with Crippen molar-refractivity contribution in [3.05, 3.63) is 180 Å². The molecule has 0 bridgehead atoms. The number of carboxylic acid groups (broad SMARTS) is 1. The lowest BCUT2D eigenvalue weighted by Gasteiger charge is -2.10. The Kier molecular flexibility index (Phi) is 12.6. The van der Waals surface area contributed by atoms with Gasteiger partial charge in [-0.1, -0.05) is 12.1 Å². The molecule has 60 heavy (non-hydrogen) atoms. The van der Waals surface area contributed by atoms with E-state index in [1.807, 2.05) is 24.3 Å². The number of hydrogen-bond acceptors (Lipinski definition) is 13. The van der Waals surface area contributed by atoms with Crippen LogP contribution in [0.2, 0.25) is 0 Å². The first-order valence-corrected chi connectivity index (χ1v) is 19.3. The van der Waals surface area contributed by atoms with Crippen molar-refractivity contribution in [2.24, 2.45) is 0 Å². The Hall–Kier alpha value is -8.30. The van der Waals surface area contributed by atoms with Gasteiger partial charge < -0.3 is 47.0 Å². The minimum absolute atomic E-state index is 0.00917. The van der Waals surface area contributed by atoms with Gasteiger partial charge in [0, 0.05) is 34.9 Å². The largest absolute Gasteiger partial charge is 0.478 e. The van der Waals surface area contributed by atoms with Crippen LogP contribution in [0, 0.1) is 0 Å². The molecule has 1 aliphatic heterocycles. The molecule has 0 aromatic heterocycles. The minimum Gasteiger partial charge on any atom is -0.478 e. The van der Waals surface area contributed by atoms with Crippen molar-refractivity contribution in [3.63, 3.8) is 0 Å². The quantitative estimate of drug-likeness (QED) is 0.0520. The van der Waals surface area contributed by atoms with E-state index < -0.39 is 27.7 Å². The molecule has 8 rings (SSSR count). The molecule has 0 atom stereocenters. The maximum Gasteiger partial charge on any atom is 0.346 e. The third kappa shape index (κ3) is 10.8. The van der Waals surface area contributed by atoms with E-state index in [1.165, 1.54) is 36.4 Å². The van der Waals surface area contributed by atoms with Crippen molar-refractivity contribution >= 4 is 50.5 Å². The third-order valence-corrected chi connectivity index (χ3v) is 10.1. The van der Waals surface area contributed by atoms with Crippen LogP contribution in [0.25, 0.3) is 0 Å². The monoisotopic (exact) mass is 824 g/mol. The number of carbonyl (C=O) groups is 3. The van der Waals surface area contributed by atoms with Gasteiger partial charge in [0.1, 0.15) is 34.5 Å². The number of carbonyl (C=O) groups excluding carboxylic acids is 2. The second kappa shape index (κ2) is 18.3. The van der Waals surface area contributed by atoms with Gasteiger partial charge >= 0.3 is 17.9 Å². The van der Waals surface area contributed by atoms with Gasteiger partial charge in [-0.25, -0.2) is 22.8 Å². The van der Waals surface area contributed by atoms with Gasteiger partial charge in [0.15, 0.2) is 0 Å². The van der Waals surface area contributed by atoms with Crippen LogP contribution in [0.4, 0.5) is 22.7 Å². The predicted molar refractivity (Wildman–Crippen MR) is 225 cm³/mol. The molecular formula is C45H36N4O10S. The van der Waals surface area contributed by atoms with Crippen LogP contribution in [0.1, 0.15) is 31.1 Å². The number of ether oxygens (including phenoxy) is 4. The zero-order valence-corrected chi connectivity index (χ0v) is 32.2. The summed E-state index contributed by atoms with van der Waals surface area (Å²) in [7, 11) is -3.68. The SMILES string of the molecule is Nc1ccc(Oc2ccc(N)cc2)cc1.Nc1cccc(Oc2ccc(S(=O)(=O)c3ccc(Oc4cccc(N)c4)cc3)cc2)c1.O=C(O)c1ccc2c(c1)C(=O)OC2=O. The molecule has 0 fully saturated rings. The highest BCUT2D eigenvalue weighted by molar-refractivity contribution is 7.91. The Morgan fingerprint density at radius 3 is 1.23 bits per heavy atom. The first-order chi connectivity index (χ1) is 28.7. The Labute approximate surface area is 344 Å². The van der Waals surface area contributed by atoms with E-state index in [1.54, 1.807) is 97.1 Å². The van der Waals surface area contributed by atoms with Crippen molar-refractivity contribution in [2.75, 3.05) is 22.9 Å². The second-order valence-electron chi connectivity index (χ2n) is 12.8. The van der Waals surface area contributed by atoms with Gasteiger partial charge in [-0.05, 0) is 140 Å². The number of nitrogens with two attached hydrogens (primary N) is 4.